The number of rotatable bonds is 11. The highest BCUT2D eigenvalue weighted by molar-refractivity contribution is 7.98. The lowest BCUT2D eigenvalue weighted by molar-refractivity contribution is -0.137. The molecule has 256 valence electrons. The van der Waals surface area contributed by atoms with Crippen molar-refractivity contribution in [2.24, 2.45) is 5.10 Å². The second-order valence-corrected chi connectivity index (χ2v) is 13.4. The molecule has 2 amide bonds. The maximum atomic E-state index is 13.5. The van der Waals surface area contributed by atoms with Crippen LogP contribution in [0.5, 0.6) is 0 Å². The van der Waals surface area contributed by atoms with Gasteiger partial charge in [-0.2, -0.15) is 30.0 Å². The number of hydrogen-bond donors (Lipinski definition) is 3. The van der Waals surface area contributed by atoms with Crippen LogP contribution in [0, 0.1) is 0 Å². The smallest absolute Gasteiger partial charge is 0.396 e. The average molecular weight is 702 g/mol. The number of hydrazone groups is 1. The molecule has 2 saturated heterocycles. The van der Waals surface area contributed by atoms with Crippen molar-refractivity contribution in [3.05, 3.63) is 93.5 Å². The highest BCUT2D eigenvalue weighted by atomic mass is 35.5. The maximum Gasteiger partial charge on any atom is 0.417 e. The number of aliphatic hydroxyl groups excluding tert-OH is 1. The number of anilines is 2. The first-order chi connectivity index (χ1) is 23.1. The van der Waals surface area contributed by atoms with Gasteiger partial charge in [-0.1, -0.05) is 36.2 Å². The third-order valence-corrected chi connectivity index (χ3v) is 9.94. The maximum absolute atomic E-state index is 13.5. The minimum atomic E-state index is -4.64. The molecular formula is C35H39ClF3N5O3S. The van der Waals surface area contributed by atoms with Crippen LogP contribution in [-0.2, 0) is 11.9 Å². The zero-order valence-corrected chi connectivity index (χ0v) is 28.0. The summed E-state index contributed by atoms with van der Waals surface area (Å²) in [6.07, 6.45) is 2.26. The van der Waals surface area contributed by atoms with Gasteiger partial charge in [0.05, 0.1) is 34.7 Å². The van der Waals surface area contributed by atoms with Crippen LogP contribution in [0.1, 0.15) is 69.5 Å². The number of amides is 2. The lowest BCUT2D eigenvalue weighted by Crippen LogP contribution is -2.46. The Labute approximate surface area is 287 Å². The zero-order chi connectivity index (χ0) is 34.1. The molecule has 0 aliphatic carbocycles. The first-order valence-corrected chi connectivity index (χ1v) is 17.6. The largest absolute Gasteiger partial charge is 0.417 e. The van der Waals surface area contributed by atoms with Crippen LogP contribution in [0.2, 0.25) is 5.02 Å². The summed E-state index contributed by atoms with van der Waals surface area (Å²) >= 11 is 7.28. The summed E-state index contributed by atoms with van der Waals surface area (Å²) in [7, 11) is 0. The predicted molar refractivity (Wildman–Crippen MR) is 186 cm³/mol. The molecule has 0 saturated carbocycles. The molecule has 13 heteroatoms. The van der Waals surface area contributed by atoms with Crippen molar-refractivity contribution in [1.29, 1.82) is 0 Å². The zero-order valence-electron chi connectivity index (χ0n) is 26.4. The van der Waals surface area contributed by atoms with Crippen molar-refractivity contribution in [3.63, 3.8) is 0 Å². The van der Waals surface area contributed by atoms with Crippen molar-refractivity contribution < 1.29 is 27.9 Å². The summed E-state index contributed by atoms with van der Waals surface area (Å²) in [6.45, 7) is 4.00. The summed E-state index contributed by atoms with van der Waals surface area (Å²) in [5.41, 5.74) is 4.10. The van der Waals surface area contributed by atoms with Gasteiger partial charge in [-0.25, -0.2) is 5.43 Å². The molecule has 48 heavy (non-hydrogen) atoms. The molecule has 0 radical (unpaired) electrons. The van der Waals surface area contributed by atoms with Gasteiger partial charge in [0.1, 0.15) is 0 Å². The van der Waals surface area contributed by atoms with Crippen molar-refractivity contribution >= 4 is 52.8 Å². The normalized spacial score (nSPS) is 16.3. The third kappa shape index (κ3) is 9.52. The molecule has 8 nitrogen and oxygen atoms in total. The van der Waals surface area contributed by atoms with E-state index in [2.05, 4.69) is 25.6 Å². The Morgan fingerprint density at radius 2 is 1.75 bits per heavy atom. The Hall–Kier alpha value is -3.58. The second kappa shape index (κ2) is 16.7. The Balaban J connectivity index is 1.34. The van der Waals surface area contributed by atoms with E-state index in [1.165, 1.54) is 25.3 Å². The minimum absolute atomic E-state index is 0.0699. The van der Waals surface area contributed by atoms with Crippen LogP contribution in [0.4, 0.5) is 24.5 Å². The number of nitrogens with one attached hydrogen (secondary N) is 2. The van der Waals surface area contributed by atoms with Crippen LogP contribution in [0.3, 0.4) is 0 Å². The van der Waals surface area contributed by atoms with Crippen LogP contribution in [0.25, 0.3) is 0 Å². The molecule has 0 atom stereocenters. The van der Waals surface area contributed by atoms with E-state index >= 15 is 0 Å². The minimum Gasteiger partial charge on any atom is -0.396 e. The van der Waals surface area contributed by atoms with Gasteiger partial charge in [0, 0.05) is 41.9 Å². The number of aliphatic hydroxyl groups is 1. The van der Waals surface area contributed by atoms with Gasteiger partial charge >= 0.3 is 6.18 Å². The van der Waals surface area contributed by atoms with Crippen molar-refractivity contribution in [1.82, 2.24) is 10.3 Å². The first kappa shape index (κ1) is 35.7. The number of piperidine rings is 2. The van der Waals surface area contributed by atoms with E-state index in [9.17, 15) is 22.8 Å². The topological polar surface area (TPSA) is 97.3 Å². The quantitative estimate of drug-likeness (QED) is 0.113. The van der Waals surface area contributed by atoms with Crippen LogP contribution >= 0.6 is 23.4 Å². The van der Waals surface area contributed by atoms with Crippen LogP contribution < -0.4 is 15.6 Å². The fourth-order valence-corrected chi connectivity index (χ4v) is 7.03. The van der Waals surface area contributed by atoms with E-state index in [4.69, 9.17) is 16.7 Å². The Kier molecular flexibility index (Phi) is 12.4. The molecule has 0 spiro atoms. The van der Waals surface area contributed by atoms with E-state index in [0.29, 0.717) is 23.1 Å². The lowest BCUT2D eigenvalue weighted by atomic mass is 9.99. The van der Waals surface area contributed by atoms with E-state index in [1.807, 2.05) is 12.1 Å². The summed E-state index contributed by atoms with van der Waals surface area (Å²) in [5.74, 6) is 0.179. The van der Waals surface area contributed by atoms with Crippen molar-refractivity contribution in [3.8, 4) is 0 Å². The number of thioether (sulfide) groups is 1. The van der Waals surface area contributed by atoms with E-state index in [1.54, 1.807) is 42.1 Å². The summed E-state index contributed by atoms with van der Waals surface area (Å²) in [4.78, 5) is 31.7. The SMILES string of the molecule is O=C(Nc1ccc(N2CCC(N3CCCCC3)CC2)cc1C(=O)NN=Cc1ccc(Cl)c(C(F)(F)F)c1)c1cccc(CSCCO)c1. The number of nitrogens with zero attached hydrogens (tertiary/aromatic N) is 3. The fourth-order valence-electron chi connectivity index (χ4n) is 6.12. The number of hydrogen-bond acceptors (Lipinski definition) is 7. The van der Waals surface area contributed by atoms with Gasteiger partial charge in [0.15, 0.2) is 0 Å². The van der Waals surface area contributed by atoms with Gasteiger partial charge < -0.3 is 20.2 Å². The Bertz CT molecular complexity index is 1610. The van der Waals surface area contributed by atoms with Gasteiger partial charge in [-0.05, 0) is 92.4 Å². The number of carbonyl (C=O) groups excluding carboxylic acids is 2. The summed E-state index contributed by atoms with van der Waals surface area (Å²) in [5, 5.41) is 15.4. The number of benzene rings is 3. The average Bonchev–Trinajstić information content (AvgIpc) is 3.09. The molecule has 0 bridgehead atoms. The van der Waals surface area contributed by atoms with E-state index in [-0.39, 0.29) is 23.4 Å². The van der Waals surface area contributed by atoms with Gasteiger partial charge in [0.25, 0.3) is 11.8 Å². The summed E-state index contributed by atoms with van der Waals surface area (Å²) < 4.78 is 40.0. The van der Waals surface area contributed by atoms with Crippen LogP contribution in [-0.4, -0.2) is 72.6 Å². The monoisotopic (exact) mass is 701 g/mol. The van der Waals surface area contributed by atoms with Crippen molar-refractivity contribution in [2.45, 2.75) is 50.1 Å². The molecule has 3 aromatic carbocycles. The Morgan fingerprint density at radius 3 is 2.48 bits per heavy atom. The highest BCUT2D eigenvalue weighted by Gasteiger charge is 2.33. The number of carbonyl (C=O) groups is 2. The molecule has 5 rings (SSSR count). The standard InChI is InChI=1S/C35H39ClF3N5O3S/c36-31-9-7-24(20-30(31)35(37,38)39)22-40-42-34(47)29-21-28(44-15-11-27(12-16-44)43-13-2-1-3-14-43)8-10-32(29)41-33(46)26-6-4-5-25(19-26)23-48-18-17-45/h4-10,19-22,27,45H,1-3,11-18,23H2,(H,41,46)(H,42,47). The predicted octanol–water partition coefficient (Wildman–Crippen LogP) is 7.06. The lowest BCUT2D eigenvalue weighted by Gasteiger charge is -2.41. The van der Waals surface area contributed by atoms with Crippen LogP contribution in [0.15, 0.2) is 65.8 Å². The molecule has 2 aliphatic rings. The number of alkyl halides is 3. The molecule has 2 heterocycles. The van der Waals surface area contributed by atoms with E-state index < -0.39 is 28.6 Å². The molecule has 2 fully saturated rings. The fraction of sp³-hybridized carbons (Fsp3) is 0.400. The number of likely N-dealkylation sites (tertiary alicyclic amines) is 1. The molecule has 3 N–H and O–H groups in total. The van der Waals surface area contributed by atoms with Gasteiger partial charge in [0.2, 0.25) is 0 Å². The summed E-state index contributed by atoms with van der Waals surface area (Å²) in [6, 6.07) is 16.3. The third-order valence-electron chi connectivity index (χ3n) is 8.60. The second-order valence-electron chi connectivity index (χ2n) is 11.9. The molecular weight excluding hydrogens is 663 g/mol. The molecule has 2 aliphatic heterocycles. The van der Waals surface area contributed by atoms with Gasteiger partial charge in [-0.15, -0.1) is 0 Å². The molecule has 3 aromatic rings. The Morgan fingerprint density at radius 1 is 0.979 bits per heavy atom. The first-order valence-electron chi connectivity index (χ1n) is 16.0. The van der Waals surface area contributed by atoms with Gasteiger partial charge in [-0.3, -0.25) is 9.59 Å². The van der Waals surface area contributed by atoms with Crippen molar-refractivity contribution in [2.75, 3.05) is 48.8 Å². The van der Waals surface area contributed by atoms with E-state index in [0.717, 1.165) is 68.6 Å². The number of halogens is 4. The highest BCUT2D eigenvalue weighted by Crippen LogP contribution is 2.35. The molecule has 0 unspecified atom stereocenters. The molecule has 0 aromatic heterocycles.